The minimum Gasteiger partial charge on any atom is -0.453 e. The molecule has 0 radical (unpaired) electrons. The molecule has 0 aromatic carbocycles. The lowest BCUT2D eigenvalue weighted by Crippen LogP contribution is -2.39. The van der Waals surface area contributed by atoms with Crippen LogP contribution in [0.15, 0.2) is 18.3 Å². The molecule has 2 N–H and O–H groups in total. The van der Waals surface area contributed by atoms with Crippen LogP contribution in [-0.2, 0) is 9.47 Å². The summed E-state index contributed by atoms with van der Waals surface area (Å²) >= 11 is 0. The van der Waals surface area contributed by atoms with E-state index in [1.165, 1.54) is 7.11 Å². The number of nitrogens with zero attached hydrogens (tertiary/aromatic N) is 2. The number of rotatable bonds is 5. The van der Waals surface area contributed by atoms with Gasteiger partial charge in [0.25, 0.3) is 0 Å². The molecule has 2 heterocycles. The Morgan fingerprint density at radius 3 is 2.90 bits per heavy atom. The van der Waals surface area contributed by atoms with Crippen LogP contribution < -0.4 is 10.6 Å². The Morgan fingerprint density at radius 2 is 2.25 bits per heavy atom. The summed E-state index contributed by atoms with van der Waals surface area (Å²) in [7, 11) is 1.32. The number of methoxy groups -OCH3 is 1. The average molecular weight is 280 g/mol. The number of hydrogen-bond acceptors (Lipinski definition) is 6. The first-order valence-electron chi connectivity index (χ1n) is 6.63. The molecule has 1 amide bonds. The predicted octanol–water partition coefficient (Wildman–Crippen LogP) is 1.00. The zero-order chi connectivity index (χ0) is 14.2. The molecule has 7 nitrogen and oxygen atoms in total. The first-order chi connectivity index (χ1) is 9.78. The van der Waals surface area contributed by atoms with E-state index in [9.17, 15) is 4.79 Å². The number of carbonyl (C=O) groups excluding carboxylic acids is 1. The van der Waals surface area contributed by atoms with Crippen molar-refractivity contribution in [3.63, 3.8) is 0 Å². The maximum absolute atomic E-state index is 11.0. The highest BCUT2D eigenvalue weighted by Gasteiger charge is 2.09. The van der Waals surface area contributed by atoms with E-state index in [0.717, 1.165) is 45.1 Å². The van der Waals surface area contributed by atoms with Crippen molar-refractivity contribution >= 4 is 17.6 Å². The fourth-order valence-corrected chi connectivity index (χ4v) is 1.91. The Balaban J connectivity index is 1.71. The van der Waals surface area contributed by atoms with Crippen LogP contribution in [0.2, 0.25) is 0 Å². The van der Waals surface area contributed by atoms with Crippen molar-refractivity contribution in [3.05, 3.63) is 18.3 Å². The van der Waals surface area contributed by atoms with Gasteiger partial charge in [0.1, 0.15) is 5.82 Å². The highest BCUT2D eigenvalue weighted by Crippen LogP contribution is 2.09. The van der Waals surface area contributed by atoms with Gasteiger partial charge in [-0.05, 0) is 12.1 Å². The highest BCUT2D eigenvalue weighted by molar-refractivity contribution is 5.83. The summed E-state index contributed by atoms with van der Waals surface area (Å²) in [4.78, 5) is 17.5. The number of aromatic nitrogens is 1. The molecule has 110 valence electrons. The van der Waals surface area contributed by atoms with Gasteiger partial charge in [-0.15, -0.1) is 0 Å². The third-order valence-electron chi connectivity index (χ3n) is 3.04. The Bertz CT molecular complexity index is 418. The maximum Gasteiger partial charge on any atom is 0.412 e. The number of ether oxygens (including phenoxy) is 2. The third-order valence-corrected chi connectivity index (χ3v) is 3.04. The summed E-state index contributed by atoms with van der Waals surface area (Å²) in [6.45, 7) is 5.44. The van der Waals surface area contributed by atoms with Crippen molar-refractivity contribution in [1.82, 2.24) is 9.88 Å². The number of pyridine rings is 1. The second kappa shape index (κ2) is 7.66. The highest BCUT2D eigenvalue weighted by atomic mass is 16.5. The zero-order valence-electron chi connectivity index (χ0n) is 11.6. The fourth-order valence-electron chi connectivity index (χ4n) is 1.91. The minimum atomic E-state index is -0.523. The van der Waals surface area contributed by atoms with Gasteiger partial charge in [0.15, 0.2) is 0 Å². The van der Waals surface area contributed by atoms with Crippen LogP contribution in [0.25, 0.3) is 0 Å². The molecule has 0 atom stereocenters. The molecule has 0 unspecified atom stereocenters. The largest absolute Gasteiger partial charge is 0.453 e. The van der Waals surface area contributed by atoms with Crippen LogP contribution in [0.1, 0.15) is 0 Å². The molecule has 20 heavy (non-hydrogen) atoms. The summed E-state index contributed by atoms with van der Waals surface area (Å²) in [5, 5.41) is 5.80. The molecule has 1 aliphatic rings. The second-order valence-corrected chi connectivity index (χ2v) is 4.43. The monoisotopic (exact) mass is 280 g/mol. The first kappa shape index (κ1) is 14.5. The Kier molecular flexibility index (Phi) is 5.57. The van der Waals surface area contributed by atoms with Crippen molar-refractivity contribution in [2.45, 2.75) is 0 Å². The van der Waals surface area contributed by atoms with Crippen molar-refractivity contribution in [3.8, 4) is 0 Å². The fraction of sp³-hybridized carbons (Fsp3) is 0.538. The number of nitrogens with one attached hydrogen (secondary N) is 2. The minimum absolute atomic E-state index is 0.468. The van der Waals surface area contributed by atoms with Gasteiger partial charge in [-0.3, -0.25) is 10.2 Å². The molecule has 7 heteroatoms. The van der Waals surface area contributed by atoms with Crippen LogP contribution >= 0.6 is 0 Å². The number of morpholine rings is 1. The van der Waals surface area contributed by atoms with Gasteiger partial charge in [-0.2, -0.15) is 0 Å². The van der Waals surface area contributed by atoms with E-state index in [1.54, 1.807) is 12.3 Å². The molecule has 0 aliphatic carbocycles. The quantitative estimate of drug-likeness (QED) is 0.838. The topological polar surface area (TPSA) is 75.7 Å². The summed E-state index contributed by atoms with van der Waals surface area (Å²) in [6, 6.07) is 3.60. The molecule has 1 aromatic rings. The zero-order valence-corrected chi connectivity index (χ0v) is 11.6. The van der Waals surface area contributed by atoms with Crippen LogP contribution in [0, 0.1) is 0 Å². The summed E-state index contributed by atoms with van der Waals surface area (Å²) < 4.78 is 9.80. The molecule has 1 saturated heterocycles. The molecule has 1 aliphatic heterocycles. The summed E-state index contributed by atoms with van der Waals surface area (Å²) in [5.74, 6) is 0.468. The van der Waals surface area contributed by atoms with Gasteiger partial charge in [0.2, 0.25) is 0 Å². The summed E-state index contributed by atoms with van der Waals surface area (Å²) in [6.07, 6.45) is 1.16. The van der Waals surface area contributed by atoms with Gasteiger partial charge in [-0.25, -0.2) is 9.78 Å². The van der Waals surface area contributed by atoms with Crippen LogP contribution in [-0.4, -0.2) is 62.5 Å². The molecule has 0 saturated carbocycles. The molecule has 0 spiro atoms. The number of hydrogen-bond donors (Lipinski definition) is 2. The number of carbonyl (C=O) groups is 1. The molecular weight excluding hydrogens is 260 g/mol. The standard InChI is InChI=1S/C13H20N4O3/c1-19-13(18)16-12-3-2-11(10-15-12)14-4-5-17-6-8-20-9-7-17/h2-3,10,14H,4-9H2,1H3,(H,15,16,18). The van der Waals surface area contributed by atoms with Gasteiger partial charge < -0.3 is 14.8 Å². The molecular formula is C13H20N4O3. The van der Waals surface area contributed by atoms with E-state index < -0.39 is 6.09 Å². The second-order valence-electron chi connectivity index (χ2n) is 4.43. The van der Waals surface area contributed by atoms with E-state index in [1.807, 2.05) is 6.07 Å². The van der Waals surface area contributed by atoms with E-state index >= 15 is 0 Å². The lowest BCUT2D eigenvalue weighted by Gasteiger charge is -2.26. The smallest absolute Gasteiger partial charge is 0.412 e. The van der Waals surface area contributed by atoms with Crippen molar-refractivity contribution in [1.29, 1.82) is 0 Å². The normalized spacial score (nSPS) is 15.7. The lowest BCUT2D eigenvalue weighted by atomic mass is 10.3. The number of anilines is 2. The van der Waals surface area contributed by atoms with Crippen LogP contribution in [0.5, 0.6) is 0 Å². The summed E-state index contributed by atoms with van der Waals surface area (Å²) in [5.41, 5.74) is 0.925. The van der Waals surface area contributed by atoms with Gasteiger partial charge >= 0.3 is 6.09 Å². The Morgan fingerprint density at radius 1 is 1.45 bits per heavy atom. The van der Waals surface area contributed by atoms with Crippen molar-refractivity contribution < 1.29 is 14.3 Å². The Labute approximate surface area is 118 Å². The molecule has 1 aromatic heterocycles. The van der Waals surface area contributed by atoms with E-state index in [-0.39, 0.29) is 0 Å². The van der Waals surface area contributed by atoms with Gasteiger partial charge in [0, 0.05) is 26.2 Å². The molecule has 1 fully saturated rings. The Hall–Kier alpha value is -1.86. The third kappa shape index (κ3) is 4.67. The van der Waals surface area contributed by atoms with Crippen LogP contribution in [0.4, 0.5) is 16.3 Å². The first-order valence-corrected chi connectivity index (χ1v) is 6.63. The van der Waals surface area contributed by atoms with E-state index in [0.29, 0.717) is 5.82 Å². The lowest BCUT2D eigenvalue weighted by molar-refractivity contribution is 0.0398. The maximum atomic E-state index is 11.0. The van der Waals surface area contributed by atoms with Crippen LogP contribution in [0.3, 0.4) is 0 Å². The average Bonchev–Trinajstić information content (AvgIpc) is 2.50. The van der Waals surface area contributed by atoms with Gasteiger partial charge in [0.05, 0.1) is 32.2 Å². The van der Waals surface area contributed by atoms with E-state index in [2.05, 4.69) is 25.3 Å². The van der Waals surface area contributed by atoms with E-state index in [4.69, 9.17) is 4.74 Å². The molecule has 0 bridgehead atoms. The predicted molar refractivity (Wildman–Crippen MR) is 76.0 cm³/mol. The van der Waals surface area contributed by atoms with Crippen molar-refractivity contribution in [2.24, 2.45) is 0 Å². The SMILES string of the molecule is COC(=O)Nc1ccc(NCCN2CCOCC2)cn1. The van der Waals surface area contributed by atoms with Gasteiger partial charge in [-0.1, -0.05) is 0 Å². The van der Waals surface area contributed by atoms with Crippen molar-refractivity contribution in [2.75, 3.05) is 57.1 Å². The molecule has 2 rings (SSSR count). The number of amides is 1.